The van der Waals surface area contributed by atoms with Crippen molar-refractivity contribution in [2.75, 3.05) is 20.5 Å². The molecule has 2 heterocycles. The van der Waals surface area contributed by atoms with Crippen molar-refractivity contribution in [1.82, 2.24) is 10.3 Å². The monoisotopic (exact) mass is 610 g/mol. The molecule has 4 unspecified atom stereocenters. The molecule has 2 aromatic rings. The highest BCUT2D eigenvalue weighted by Gasteiger charge is 2.37. The molecule has 1 amide bonds. The quantitative estimate of drug-likeness (QED) is 0.225. The van der Waals surface area contributed by atoms with Crippen molar-refractivity contribution in [3.8, 4) is 17.2 Å². The third kappa shape index (κ3) is 10.5. The Bertz CT molecular complexity index is 1260. The molecule has 43 heavy (non-hydrogen) atoms. The topological polar surface area (TPSA) is 132 Å². The molecule has 1 aliphatic heterocycles. The number of nitrogens with zero attached hydrogens (tertiary/aromatic N) is 1. The smallest absolute Gasteiger partial charge is 0.409 e. The fraction of sp³-hybridized carbons (Fsp3) is 0.448. The summed E-state index contributed by atoms with van der Waals surface area (Å²) in [5.74, 6) is -1.65. The Morgan fingerprint density at radius 3 is 2.58 bits per heavy atom. The van der Waals surface area contributed by atoms with Crippen LogP contribution in [0, 0.1) is 0 Å². The Labute approximate surface area is 246 Å². The highest BCUT2D eigenvalue weighted by atomic mass is 19.4. The van der Waals surface area contributed by atoms with Crippen LogP contribution in [0.1, 0.15) is 43.6 Å². The number of hydrogen-bond donors (Lipinski definition) is 1. The van der Waals surface area contributed by atoms with Gasteiger partial charge < -0.3 is 33.7 Å². The second-order valence-corrected chi connectivity index (χ2v) is 9.40. The number of benzene rings is 1. The number of para-hydroxylation sites is 1. The first-order chi connectivity index (χ1) is 20.5. The first kappa shape index (κ1) is 33.2. The molecule has 1 aromatic heterocycles. The molecule has 14 heteroatoms. The molecule has 0 saturated carbocycles. The molecule has 3 rings (SSSR count). The average Bonchev–Trinajstić information content (AvgIpc) is 3.00. The van der Waals surface area contributed by atoms with E-state index in [9.17, 15) is 27.6 Å². The van der Waals surface area contributed by atoms with E-state index in [0.717, 1.165) is 6.08 Å². The van der Waals surface area contributed by atoms with Crippen LogP contribution in [0.2, 0.25) is 0 Å². The summed E-state index contributed by atoms with van der Waals surface area (Å²) in [6, 6.07) is 9.08. The van der Waals surface area contributed by atoms with Gasteiger partial charge in [0.05, 0.1) is 13.7 Å². The van der Waals surface area contributed by atoms with Crippen LogP contribution in [0.25, 0.3) is 0 Å². The first-order valence-electron chi connectivity index (χ1n) is 13.4. The van der Waals surface area contributed by atoms with Gasteiger partial charge in [-0.1, -0.05) is 24.3 Å². The van der Waals surface area contributed by atoms with Crippen molar-refractivity contribution in [2.24, 2.45) is 0 Å². The van der Waals surface area contributed by atoms with Crippen LogP contribution in [0.15, 0.2) is 54.7 Å². The van der Waals surface area contributed by atoms with Crippen molar-refractivity contribution in [2.45, 2.75) is 63.6 Å². The minimum Gasteiger partial charge on any atom is -0.493 e. The van der Waals surface area contributed by atoms with E-state index in [1.54, 1.807) is 30.3 Å². The predicted molar refractivity (Wildman–Crippen MR) is 145 cm³/mol. The van der Waals surface area contributed by atoms with E-state index in [4.69, 9.17) is 28.4 Å². The molecule has 1 N–H and O–H groups in total. The van der Waals surface area contributed by atoms with Crippen LogP contribution in [0.5, 0.6) is 17.2 Å². The molecule has 1 aromatic carbocycles. The molecule has 0 bridgehead atoms. The number of alkyl halides is 3. The third-order valence-corrected chi connectivity index (χ3v) is 6.19. The predicted octanol–water partition coefficient (Wildman–Crippen LogP) is 4.15. The van der Waals surface area contributed by atoms with E-state index >= 15 is 0 Å². The van der Waals surface area contributed by atoms with Gasteiger partial charge in [-0.15, -0.1) is 0 Å². The molecular weight excluding hydrogens is 577 g/mol. The largest absolute Gasteiger partial charge is 0.493 e. The van der Waals surface area contributed by atoms with Crippen molar-refractivity contribution in [1.29, 1.82) is 0 Å². The fourth-order valence-corrected chi connectivity index (χ4v) is 4.25. The molecule has 234 valence electrons. The zero-order valence-electron chi connectivity index (χ0n) is 23.8. The molecule has 1 aliphatic rings. The van der Waals surface area contributed by atoms with Gasteiger partial charge in [-0.05, 0) is 38.3 Å². The first-order valence-corrected chi connectivity index (χ1v) is 13.4. The lowest BCUT2D eigenvalue weighted by atomic mass is 10.0. The van der Waals surface area contributed by atoms with Gasteiger partial charge >= 0.3 is 18.1 Å². The molecule has 1 saturated heterocycles. The number of esters is 2. The maximum Gasteiger partial charge on any atom is 0.409 e. The van der Waals surface area contributed by atoms with Crippen molar-refractivity contribution < 1.29 is 56.0 Å². The number of pyridine rings is 1. The Morgan fingerprint density at radius 1 is 1.16 bits per heavy atom. The highest BCUT2D eigenvalue weighted by molar-refractivity contribution is 5.98. The van der Waals surface area contributed by atoms with Crippen LogP contribution in [0.3, 0.4) is 0 Å². The Morgan fingerprint density at radius 2 is 1.91 bits per heavy atom. The number of halogens is 3. The third-order valence-electron chi connectivity index (χ3n) is 6.19. The number of amides is 1. The lowest BCUT2D eigenvalue weighted by Gasteiger charge is -2.31. The van der Waals surface area contributed by atoms with Gasteiger partial charge in [-0.25, -0.2) is 9.78 Å². The van der Waals surface area contributed by atoms with Crippen LogP contribution in [-0.2, 0) is 23.8 Å². The normalized spacial score (nSPS) is 21.1. The number of hydrogen-bond acceptors (Lipinski definition) is 10. The van der Waals surface area contributed by atoms with Crippen LogP contribution in [0.4, 0.5) is 13.2 Å². The van der Waals surface area contributed by atoms with Gasteiger partial charge in [0.1, 0.15) is 30.1 Å². The van der Waals surface area contributed by atoms with E-state index in [1.165, 1.54) is 33.2 Å². The minimum atomic E-state index is -4.51. The average molecular weight is 611 g/mol. The number of ether oxygens (including phenoxy) is 6. The van der Waals surface area contributed by atoms with Gasteiger partial charge in [0.2, 0.25) is 6.79 Å². The summed E-state index contributed by atoms with van der Waals surface area (Å²) < 4.78 is 70.7. The molecular formula is C29H33F3N2O9. The molecule has 0 aliphatic carbocycles. The minimum absolute atomic E-state index is 0.0638. The van der Waals surface area contributed by atoms with E-state index in [-0.39, 0.29) is 29.7 Å². The number of rotatable bonds is 11. The summed E-state index contributed by atoms with van der Waals surface area (Å²) in [5.41, 5.74) is -0.227. The Balaban J connectivity index is 1.79. The van der Waals surface area contributed by atoms with E-state index < -0.39 is 61.8 Å². The second-order valence-electron chi connectivity index (χ2n) is 9.40. The molecule has 1 fully saturated rings. The summed E-state index contributed by atoms with van der Waals surface area (Å²) in [7, 11) is 1.35. The number of carbonyl (C=O) groups is 3. The van der Waals surface area contributed by atoms with Crippen molar-refractivity contribution >= 4 is 17.8 Å². The maximum atomic E-state index is 13.3. The number of cyclic esters (lactones) is 1. The fourth-order valence-electron chi connectivity index (χ4n) is 4.25. The second kappa shape index (κ2) is 15.8. The summed E-state index contributed by atoms with van der Waals surface area (Å²) in [6.45, 7) is 1.80. The summed E-state index contributed by atoms with van der Waals surface area (Å²) >= 11 is 0. The molecule has 4 atom stereocenters. The zero-order valence-corrected chi connectivity index (χ0v) is 23.8. The Kier molecular flexibility index (Phi) is 12.2. The highest BCUT2D eigenvalue weighted by Crippen LogP contribution is 2.30. The van der Waals surface area contributed by atoms with Gasteiger partial charge in [0.25, 0.3) is 5.91 Å². The number of allylic oxidation sites excluding steroid dienone is 1. The van der Waals surface area contributed by atoms with E-state index in [2.05, 4.69) is 10.3 Å². The van der Waals surface area contributed by atoms with Crippen LogP contribution in [-0.4, -0.2) is 73.9 Å². The molecule has 11 nitrogen and oxygen atoms in total. The van der Waals surface area contributed by atoms with E-state index in [1.807, 2.05) is 0 Å². The zero-order chi connectivity index (χ0) is 31.4. The number of aromatic nitrogens is 1. The van der Waals surface area contributed by atoms with Gasteiger partial charge in [0, 0.05) is 25.3 Å². The van der Waals surface area contributed by atoms with E-state index in [0.29, 0.717) is 18.6 Å². The summed E-state index contributed by atoms with van der Waals surface area (Å²) in [4.78, 5) is 41.6. The molecule has 0 spiro atoms. The van der Waals surface area contributed by atoms with Crippen LogP contribution >= 0.6 is 0 Å². The van der Waals surface area contributed by atoms with Crippen molar-refractivity contribution in [3.63, 3.8) is 0 Å². The van der Waals surface area contributed by atoms with Crippen molar-refractivity contribution in [3.05, 3.63) is 60.4 Å². The maximum absolute atomic E-state index is 13.3. The number of nitrogens with one attached hydrogen (secondary N) is 1. The SMILES string of the molecule is COc1ccnc(C(=O)NC2CCCC(Oc3ccccc3)C(OCC=CC(F)(F)F)C(C)OC2=O)c1OCOC(C)=O. The van der Waals surface area contributed by atoms with Crippen LogP contribution < -0.4 is 19.5 Å². The van der Waals surface area contributed by atoms with Gasteiger partial charge in [0.15, 0.2) is 17.2 Å². The number of carbonyl (C=O) groups excluding carboxylic acids is 3. The lowest BCUT2D eigenvalue weighted by molar-refractivity contribution is -0.162. The Hall–Kier alpha value is -4.33. The lowest BCUT2D eigenvalue weighted by Crippen LogP contribution is -2.46. The molecule has 0 radical (unpaired) electrons. The summed E-state index contributed by atoms with van der Waals surface area (Å²) in [6.07, 6.45) is -4.09. The number of methoxy groups -OCH3 is 1. The van der Waals surface area contributed by atoms with Gasteiger partial charge in [-0.2, -0.15) is 13.2 Å². The van der Waals surface area contributed by atoms with Gasteiger partial charge in [-0.3, -0.25) is 9.59 Å². The standard InChI is InChI=1S/C29H33F3N2O9/c1-18-25(39-16-8-14-29(30,31)32)23(43-20-9-5-4-6-10-20)12-7-11-21(28(37)42-18)34-27(36)24-26(41-17-40-19(2)35)22(38-3)13-15-33-24/h4-6,8-10,13-15,18,21,23,25H,7,11-12,16-17H2,1-3H3,(H,34,36). The summed E-state index contributed by atoms with van der Waals surface area (Å²) in [5, 5.41) is 2.60.